The van der Waals surface area contributed by atoms with Crippen LogP contribution in [-0.4, -0.2) is 78.4 Å². The Labute approximate surface area is 206 Å². The summed E-state index contributed by atoms with van der Waals surface area (Å²) < 4.78 is 23.9. The molecule has 0 bridgehead atoms. The zero-order valence-corrected chi connectivity index (χ0v) is 22.1. The zero-order valence-electron chi connectivity index (χ0n) is 21.1. The molecule has 1 amide bonds. The second-order valence-corrected chi connectivity index (χ2v) is 15.5. The smallest absolute Gasteiger partial charge is 0.364 e. The van der Waals surface area contributed by atoms with E-state index in [-0.39, 0.29) is 11.6 Å². The second-order valence-electron chi connectivity index (χ2n) is 10.8. The lowest BCUT2D eigenvalue weighted by molar-refractivity contribution is -0.331. The third-order valence-corrected chi connectivity index (χ3v) is 11.5. The molecular weight excluding hydrogens is 474 g/mol. The highest BCUT2D eigenvalue weighted by Crippen LogP contribution is 2.42. The molecule has 4 N–H and O–H groups in total. The van der Waals surface area contributed by atoms with Crippen molar-refractivity contribution in [1.82, 2.24) is 5.32 Å². The van der Waals surface area contributed by atoms with Crippen molar-refractivity contribution >= 4 is 20.2 Å². The number of carboxylic acid groups (broad SMARTS) is 1. The van der Waals surface area contributed by atoms with E-state index in [0.29, 0.717) is 5.56 Å². The van der Waals surface area contributed by atoms with Crippen molar-refractivity contribution in [2.45, 2.75) is 94.8 Å². The van der Waals surface area contributed by atoms with Gasteiger partial charge in [-0.05, 0) is 18.1 Å². The molecule has 0 radical (unpaired) electrons. The van der Waals surface area contributed by atoms with Crippen molar-refractivity contribution in [2.24, 2.45) is 0 Å². The summed E-state index contributed by atoms with van der Waals surface area (Å²) in [5.41, 5.74) is 0.693. The average Bonchev–Trinajstić information content (AvgIpc) is 2.75. The fraction of sp³-hybridized carbons (Fsp3) is 0.667. The standard InChI is InChI=1S/C24H37NO9Si/c1-14(26)25-18-17(34-35(5,6)23(2,3)4)12-24(30,22(28)29)33-20(18)19-16(27)13-31-21(32-19)15-10-8-7-9-11-15/h7-11,16-21,27,30H,12-13H2,1-6H3,(H,25,26)(H,28,29)/t16-,17+,18-,19-,20-,21-,24+/m1/s1. The quantitative estimate of drug-likeness (QED) is 0.421. The van der Waals surface area contributed by atoms with E-state index in [2.05, 4.69) is 5.32 Å². The Morgan fingerprint density at radius 1 is 1.17 bits per heavy atom. The van der Waals surface area contributed by atoms with E-state index in [1.165, 1.54) is 6.92 Å². The van der Waals surface area contributed by atoms with Gasteiger partial charge in [0.05, 0.1) is 18.8 Å². The number of aliphatic hydroxyl groups is 2. The Kier molecular flexibility index (Phi) is 8.12. The Hall–Kier alpha value is -1.86. The molecule has 0 unspecified atom stereocenters. The van der Waals surface area contributed by atoms with E-state index < -0.39 is 69.1 Å². The van der Waals surface area contributed by atoms with E-state index >= 15 is 0 Å². The molecule has 2 heterocycles. The molecule has 7 atom stereocenters. The van der Waals surface area contributed by atoms with Gasteiger partial charge < -0.3 is 39.3 Å². The third kappa shape index (κ3) is 6.11. The molecule has 2 saturated heterocycles. The van der Waals surface area contributed by atoms with Gasteiger partial charge in [-0.25, -0.2) is 4.79 Å². The number of nitrogens with one attached hydrogen (secondary N) is 1. The maximum atomic E-state index is 12.2. The van der Waals surface area contributed by atoms with Crippen molar-refractivity contribution in [3.8, 4) is 0 Å². The monoisotopic (exact) mass is 511 g/mol. The van der Waals surface area contributed by atoms with Gasteiger partial charge in [0, 0.05) is 18.9 Å². The Morgan fingerprint density at radius 2 is 1.80 bits per heavy atom. The number of hydrogen-bond acceptors (Lipinski definition) is 8. The van der Waals surface area contributed by atoms with E-state index in [0.717, 1.165) is 0 Å². The minimum Gasteiger partial charge on any atom is -0.477 e. The van der Waals surface area contributed by atoms with E-state index in [1.54, 1.807) is 12.1 Å². The maximum absolute atomic E-state index is 12.2. The van der Waals surface area contributed by atoms with Gasteiger partial charge in [-0.3, -0.25) is 4.79 Å². The third-order valence-electron chi connectivity index (χ3n) is 6.99. The lowest BCUT2D eigenvalue weighted by Crippen LogP contribution is -2.70. The van der Waals surface area contributed by atoms with Crippen LogP contribution >= 0.6 is 0 Å². The first-order chi connectivity index (χ1) is 16.1. The van der Waals surface area contributed by atoms with Crippen molar-refractivity contribution in [1.29, 1.82) is 0 Å². The van der Waals surface area contributed by atoms with Crippen molar-refractivity contribution in [3.05, 3.63) is 35.9 Å². The van der Waals surface area contributed by atoms with Crippen molar-refractivity contribution < 1.29 is 43.5 Å². The Balaban J connectivity index is 2.01. The van der Waals surface area contributed by atoms with Gasteiger partial charge in [0.15, 0.2) is 14.6 Å². The summed E-state index contributed by atoms with van der Waals surface area (Å²) in [5, 5.41) is 34.2. The molecular formula is C24H37NO9Si. The number of aliphatic hydroxyl groups excluding tert-OH is 1. The number of carbonyl (C=O) groups is 2. The molecule has 1 aromatic carbocycles. The molecule has 1 aromatic rings. The number of hydrogen-bond donors (Lipinski definition) is 4. The molecule has 2 aliphatic rings. The molecule has 2 aliphatic heterocycles. The zero-order chi connectivity index (χ0) is 26.2. The number of amides is 1. The van der Waals surface area contributed by atoms with Crippen LogP contribution in [0.25, 0.3) is 0 Å². The number of carboxylic acids is 1. The SMILES string of the molecule is CC(=O)N[C@H]1[C@H]([C@@H]2O[C@H](c3ccccc3)OC[C@H]2O)O[C@](O)(C(=O)O)C[C@@H]1O[Si](C)(C)C(C)(C)C. The van der Waals surface area contributed by atoms with Gasteiger partial charge in [0.2, 0.25) is 5.91 Å². The molecule has 10 nitrogen and oxygen atoms in total. The highest BCUT2D eigenvalue weighted by atomic mass is 28.4. The second kappa shape index (κ2) is 10.2. The van der Waals surface area contributed by atoms with E-state index in [9.17, 15) is 24.9 Å². The Morgan fingerprint density at radius 3 is 2.34 bits per heavy atom. The molecule has 0 spiro atoms. The predicted molar refractivity (Wildman–Crippen MR) is 128 cm³/mol. The van der Waals surface area contributed by atoms with Crippen LogP contribution in [0.15, 0.2) is 30.3 Å². The highest BCUT2D eigenvalue weighted by Gasteiger charge is 2.57. The summed E-state index contributed by atoms with van der Waals surface area (Å²) in [7, 11) is -2.48. The summed E-state index contributed by atoms with van der Waals surface area (Å²) in [4.78, 5) is 24.3. The van der Waals surface area contributed by atoms with Crippen molar-refractivity contribution in [2.75, 3.05) is 6.61 Å². The Bertz CT molecular complexity index is 906. The van der Waals surface area contributed by atoms with Gasteiger partial charge >= 0.3 is 5.97 Å². The minimum absolute atomic E-state index is 0.115. The summed E-state index contributed by atoms with van der Waals surface area (Å²) in [6.07, 6.45) is -5.74. The molecule has 3 rings (SSSR count). The molecule has 0 saturated carbocycles. The van der Waals surface area contributed by atoms with Crippen LogP contribution in [0.2, 0.25) is 18.1 Å². The number of ether oxygens (including phenoxy) is 3. The lowest BCUT2D eigenvalue weighted by Gasteiger charge is -2.51. The van der Waals surface area contributed by atoms with E-state index in [4.69, 9.17) is 18.6 Å². The number of carbonyl (C=O) groups excluding carboxylic acids is 1. The molecule has 0 aromatic heterocycles. The number of benzene rings is 1. The van der Waals surface area contributed by atoms with Crippen LogP contribution in [0, 0.1) is 0 Å². The van der Waals surface area contributed by atoms with Gasteiger partial charge in [0.1, 0.15) is 18.3 Å². The molecule has 0 aliphatic carbocycles. The fourth-order valence-corrected chi connectivity index (χ4v) is 5.42. The van der Waals surface area contributed by atoms with E-state index in [1.807, 2.05) is 52.1 Å². The van der Waals surface area contributed by atoms with Crippen LogP contribution < -0.4 is 5.32 Å². The minimum atomic E-state index is -2.60. The van der Waals surface area contributed by atoms with Crippen LogP contribution in [-0.2, 0) is 28.2 Å². The van der Waals surface area contributed by atoms with Crippen LogP contribution in [0.5, 0.6) is 0 Å². The van der Waals surface area contributed by atoms with Crippen LogP contribution in [0.4, 0.5) is 0 Å². The number of rotatable bonds is 6. The average molecular weight is 512 g/mol. The summed E-state index contributed by atoms with van der Waals surface area (Å²) >= 11 is 0. The normalized spacial score (nSPS) is 34.3. The first-order valence-electron chi connectivity index (χ1n) is 11.7. The predicted octanol–water partition coefficient (Wildman–Crippen LogP) is 1.92. The maximum Gasteiger partial charge on any atom is 0.364 e. The first kappa shape index (κ1) is 27.7. The van der Waals surface area contributed by atoms with Gasteiger partial charge in [-0.1, -0.05) is 51.1 Å². The lowest BCUT2D eigenvalue weighted by atomic mass is 9.88. The first-order valence-corrected chi connectivity index (χ1v) is 14.6. The van der Waals surface area contributed by atoms with Crippen LogP contribution in [0.1, 0.15) is 46.0 Å². The van der Waals surface area contributed by atoms with Crippen LogP contribution in [0.3, 0.4) is 0 Å². The largest absolute Gasteiger partial charge is 0.477 e. The van der Waals surface area contributed by atoms with Crippen molar-refractivity contribution in [3.63, 3.8) is 0 Å². The number of aliphatic carboxylic acids is 1. The summed E-state index contributed by atoms with van der Waals surface area (Å²) in [5.74, 6) is -4.58. The molecule has 35 heavy (non-hydrogen) atoms. The fourth-order valence-electron chi connectivity index (χ4n) is 4.08. The topological polar surface area (TPSA) is 144 Å². The van der Waals surface area contributed by atoms with Gasteiger partial charge in [-0.2, -0.15) is 0 Å². The van der Waals surface area contributed by atoms with Gasteiger partial charge in [0.25, 0.3) is 5.79 Å². The molecule has 2 fully saturated rings. The summed E-state index contributed by atoms with van der Waals surface area (Å²) in [6, 6.07) is 8.16. The van der Waals surface area contributed by atoms with Gasteiger partial charge in [-0.15, -0.1) is 0 Å². The highest BCUT2D eigenvalue weighted by molar-refractivity contribution is 6.74. The summed E-state index contributed by atoms with van der Waals surface area (Å²) in [6.45, 7) is 11.3. The molecule has 196 valence electrons. The molecule has 11 heteroatoms.